The summed E-state index contributed by atoms with van der Waals surface area (Å²) in [5.74, 6) is 1.17. The number of aliphatic carboxylic acids is 1. The van der Waals surface area contributed by atoms with Crippen molar-refractivity contribution in [1.82, 2.24) is 15.0 Å². The van der Waals surface area contributed by atoms with E-state index in [4.69, 9.17) is 10.1 Å². The number of carbonyl (C=O) groups is 2. The van der Waals surface area contributed by atoms with Crippen LogP contribution in [-0.4, -0.2) is 44.9 Å². The highest BCUT2D eigenvalue weighted by atomic mass is 16.4. The smallest absolute Gasteiger partial charge is 0.303 e. The average Bonchev–Trinajstić information content (AvgIpc) is 3.22. The molecule has 3 N–H and O–H groups in total. The summed E-state index contributed by atoms with van der Waals surface area (Å²) in [6.45, 7) is 1.56. The van der Waals surface area contributed by atoms with E-state index in [1.165, 1.54) is 5.56 Å². The van der Waals surface area contributed by atoms with E-state index >= 15 is 0 Å². The molecule has 1 fully saturated rings. The van der Waals surface area contributed by atoms with Gasteiger partial charge in [-0.25, -0.2) is 0 Å². The van der Waals surface area contributed by atoms with Gasteiger partial charge in [-0.2, -0.15) is 9.97 Å². The van der Waals surface area contributed by atoms with Crippen molar-refractivity contribution in [3.05, 3.63) is 41.6 Å². The van der Waals surface area contributed by atoms with Crippen molar-refractivity contribution in [1.29, 1.82) is 0 Å². The van der Waals surface area contributed by atoms with E-state index in [-0.39, 0.29) is 12.3 Å². The lowest BCUT2D eigenvalue weighted by atomic mass is 9.90. The Bertz CT molecular complexity index is 1150. The van der Waals surface area contributed by atoms with Crippen molar-refractivity contribution in [2.75, 3.05) is 23.3 Å². The number of nitrogens with zero attached hydrogens (tertiary/aromatic N) is 3. The summed E-state index contributed by atoms with van der Waals surface area (Å²) in [6, 6.07) is 8.04. The Morgan fingerprint density at radius 1 is 1.16 bits per heavy atom. The first-order valence-electron chi connectivity index (χ1n) is 10.8. The Hall–Kier alpha value is -3.42. The quantitative estimate of drug-likeness (QED) is 0.581. The number of benzene rings is 1. The molecule has 31 heavy (non-hydrogen) atoms. The van der Waals surface area contributed by atoms with Gasteiger partial charge >= 0.3 is 5.97 Å². The summed E-state index contributed by atoms with van der Waals surface area (Å²) in [6.07, 6.45) is 5.67. The summed E-state index contributed by atoms with van der Waals surface area (Å²) >= 11 is 0. The van der Waals surface area contributed by atoms with Crippen LogP contribution in [0.1, 0.15) is 36.8 Å². The normalized spacial score (nSPS) is 17.0. The monoisotopic (exact) mass is 419 g/mol. The number of carbonyl (C=O) groups excluding carboxylic acids is 1. The largest absolute Gasteiger partial charge is 0.481 e. The van der Waals surface area contributed by atoms with Gasteiger partial charge in [0.1, 0.15) is 17.2 Å². The number of piperidine rings is 1. The Balaban J connectivity index is 1.39. The van der Waals surface area contributed by atoms with E-state index in [0.29, 0.717) is 24.6 Å². The lowest BCUT2D eigenvalue weighted by molar-refractivity contribution is -0.138. The lowest BCUT2D eigenvalue weighted by Gasteiger charge is -2.32. The van der Waals surface area contributed by atoms with Gasteiger partial charge in [-0.05, 0) is 54.5 Å². The Morgan fingerprint density at radius 3 is 2.81 bits per heavy atom. The fourth-order valence-corrected chi connectivity index (χ4v) is 4.63. The number of aryl methyl sites for hydroxylation is 1. The molecule has 5 rings (SSSR count). The first-order chi connectivity index (χ1) is 15.0. The van der Waals surface area contributed by atoms with Crippen LogP contribution < -0.4 is 10.2 Å². The third-order valence-corrected chi connectivity index (χ3v) is 6.30. The Labute approximate surface area is 179 Å². The molecule has 2 aromatic heterocycles. The number of H-pyrrole nitrogens is 1. The van der Waals surface area contributed by atoms with Crippen LogP contribution in [0.15, 0.2) is 30.5 Å². The fraction of sp³-hybridized carbons (Fsp3) is 0.391. The molecule has 0 saturated carbocycles. The number of hydrogen-bond acceptors (Lipinski definition) is 6. The van der Waals surface area contributed by atoms with Gasteiger partial charge in [-0.3, -0.25) is 9.59 Å². The number of aromatic amines is 1. The van der Waals surface area contributed by atoms with Crippen molar-refractivity contribution in [3.63, 3.8) is 0 Å². The van der Waals surface area contributed by atoms with E-state index in [1.54, 1.807) is 0 Å². The molecule has 1 saturated heterocycles. The number of carboxylic acids is 1. The number of ketones is 1. The number of anilines is 3. The molecule has 0 spiro atoms. The first kappa shape index (κ1) is 19.5. The van der Waals surface area contributed by atoms with Crippen molar-refractivity contribution < 1.29 is 14.7 Å². The molecule has 0 unspecified atom stereocenters. The number of nitrogens with one attached hydrogen (secondary N) is 2. The second-order valence-corrected chi connectivity index (χ2v) is 8.46. The molecular weight excluding hydrogens is 394 g/mol. The van der Waals surface area contributed by atoms with Crippen LogP contribution in [0.25, 0.3) is 11.0 Å². The zero-order valence-corrected chi connectivity index (χ0v) is 17.2. The van der Waals surface area contributed by atoms with Crippen LogP contribution >= 0.6 is 0 Å². The highest BCUT2D eigenvalue weighted by Crippen LogP contribution is 2.31. The summed E-state index contributed by atoms with van der Waals surface area (Å²) in [4.78, 5) is 37.6. The molecular formula is C23H25N5O3. The predicted octanol–water partition coefficient (Wildman–Crippen LogP) is 3.45. The number of fused-ring (bicyclic) bond motifs is 2. The number of hydrogen-bond donors (Lipinski definition) is 3. The molecule has 8 heteroatoms. The van der Waals surface area contributed by atoms with E-state index in [2.05, 4.69) is 26.3 Å². The molecule has 3 aromatic rings. The van der Waals surface area contributed by atoms with Crippen molar-refractivity contribution in [2.24, 2.45) is 5.92 Å². The topological polar surface area (TPSA) is 111 Å². The van der Waals surface area contributed by atoms with Gasteiger partial charge in [-0.1, -0.05) is 6.07 Å². The Morgan fingerprint density at radius 2 is 2.00 bits per heavy atom. The standard InChI is InChI=1S/C23H25N5O3/c29-18-4-2-15-12-17(3-1-16(15)13-18)25-23-26-21-19(5-8-24-21)22(27-23)28-9-6-14(7-10-28)11-20(30)31/h1,3,5,8,12,14H,2,4,6-7,9-11,13H2,(H,30,31)(H2,24,25,26,27). The molecule has 1 aromatic carbocycles. The van der Waals surface area contributed by atoms with Crippen molar-refractivity contribution in [3.8, 4) is 0 Å². The van der Waals surface area contributed by atoms with Crippen LogP contribution in [0, 0.1) is 5.92 Å². The third kappa shape index (κ3) is 4.10. The average molecular weight is 419 g/mol. The molecule has 1 aliphatic heterocycles. The van der Waals surface area contributed by atoms with Crippen LogP contribution in [0.4, 0.5) is 17.5 Å². The molecule has 1 aliphatic carbocycles. The maximum atomic E-state index is 11.7. The highest BCUT2D eigenvalue weighted by Gasteiger charge is 2.24. The molecule has 2 aliphatic rings. The van der Waals surface area contributed by atoms with Crippen molar-refractivity contribution in [2.45, 2.75) is 38.5 Å². The number of aromatic nitrogens is 3. The fourth-order valence-electron chi connectivity index (χ4n) is 4.63. The summed E-state index contributed by atoms with van der Waals surface area (Å²) < 4.78 is 0. The molecule has 160 valence electrons. The van der Waals surface area contributed by atoms with Gasteiger partial charge in [0.15, 0.2) is 0 Å². The lowest BCUT2D eigenvalue weighted by Crippen LogP contribution is -2.35. The van der Waals surface area contributed by atoms with Gasteiger partial charge in [0.25, 0.3) is 0 Å². The van der Waals surface area contributed by atoms with Crippen LogP contribution in [-0.2, 0) is 22.4 Å². The summed E-state index contributed by atoms with van der Waals surface area (Å²) in [5, 5.41) is 13.4. The van der Waals surface area contributed by atoms with Crippen LogP contribution in [0.3, 0.4) is 0 Å². The minimum Gasteiger partial charge on any atom is -0.481 e. The second-order valence-electron chi connectivity index (χ2n) is 8.46. The number of carboxylic acid groups (broad SMARTS) is 1. The third-order valence-electron chi connectivity index (χ3n) is 6.30. The van der Waals surface area contributed by atoms with E-state index in [1.807, 2.05) is 24.4 Å². The van der Waals surface area contributed by atoms with Crippen LogP contribution in [0.2, 0.25) is 0 Å². The van der Waals surface area contributed by atoms with Gasteiger partial charge in [0, 0.05) is 44.2 Å². The second kappa shape index (κ2) is 8.02. The molecule has 8 nitrogen and oxygen atoms in total. The summed E-state index contributed by atoms with van der Waals surface area (Å²) in [7, 11) is 0. The highest BCUT2D eigenvalue weighted by molar-refractivity contribution is 5.89. The minimum absolute atomic E-state index is 0.220. The minimum atomic E-state index is -0.727. The van der Waals surface area contributed by atoms with E-state index in [9.17, 15) is 9.59 Å². The number of Topliss-reactive ketones (excluding diaryl/α,β-unsaturated/α-hetero) is 1. The number of rotatable bonds is 5. The molecule has 3 heterocycles. The van der Waals surface area contributed by atoms with Gasteiger partial charge in [-0.15, -0.1) is 0 Å². The predicted molar refractivity (Wildman–Crippen MR) is 118 cm³/mol. The molecule has 0 atom stereocenters. The summed E-state index contributed by atoms with van der Waals surface area (Å²) in [5.41, 5.74) is 3.98. The van der Waals surface area contributed by atoms with Gasteiger partial charge in [0.2, 0.25) is 5.95 Å². The van der Waals surface area contributed by atoms with E-state index in [0.717, 1.165) is 60.5 Å². The molecule has 0 bridgehead atoms. The SMILES string of the molecule is O=C(O)CC1CCN(c2nc(Nc3ccc4c(c3)CCC(=O)C4)nc3[nH]ccc23)CC1. The molecule has 0 radical (unpaired) electrons. The van der Waals surface area contributed by atoms with Crippen molar-refractivity contribution >= 4 is 40.2 Å². The van der Waals surface area contributed by atoms with E-state index < -0.39 is 5.97 Å². The van der Waals surface area contributed by atoms with Gasteiger partial charge in [0.05, 0.1) is 5.39 Å². The molecule has 0 amide bonds. The maximum Gasteiger partial charge on any atom is 0.303 e. The van der Waals surface area contributed by atoms with Gasteiger partial charge < -0.3 is 20.3 Å². The zero-order valence-electron chi connectivity index (χ0n) is 17.2. The zero-order chi connectivity index (χ0) is 21.4. The first-order valence-corrected chi connectivity index (χ1v) is 10.8. The maximum absolute atomic E-state index is 11.7. The Kier molecular flexibility index (Phi) is 5.05. The van der Waals surface area contributed by atoms with Crippen LogP contribution in [0.5, 0.6) is 0 Å².